The second-order valence-electron chi connectivity index (χ2n) is 15.3. The number of ether oxygens (including phenoxy) is 4. The predicted molar refractivity (Wildman–Crippen MR) is 183 cm³/mol. The van der Waals surface area contributed by atoms with Gasteiger partial charge in [0, 0.05) is 82.3 Å². The Kier molecular flexibility index (Phi) is 11.9. The van der Waals surface area contributed by atoms with E-state index in [1.807, 2.05) is 0 Å². The number of rotatable bonds is 8. The molecule has 6 rings (SSSR count). The maximum Gasteiger partial charge on any atom is 0.338 e. The van der Waals surface area contributed by atoms with Gasteiger partial charge in [0.1, 0.15) is 29.5 Å². The summed E-state index contributed by atoms with van der Waals surface area (Å²) >= 11 is 0. The van der Waals surface area contributed by atoms with Crippen LogP contribution < -0.4 is 5.32 Å². The minimum atomic E-state index is -2.20. The van der Waals surface area contributed by atoms with Crippen LogP contribution in [0.25, 0.3) is 0 Å². The van der Waals surface area contributed by atoms with E-state index in [0.29, 0.717) is 11.1 Å². The molecule has 13 nitrogen and oxygen atoms in total. The van der Waals surface area contributed by atoms with Gasteiger partial charge in [0.15, 0.2) is 11.9 Å². The number of hydrogen-bond donors (Lipinski definition) is 5. The zero-order chi connectivity index (χ0) is 38.0. The second kappa shape index (κ2) is 15.2. The number of aliphatic hydroxyl groups is 4. The summed E-state index contributed by atoms with van der Waals surface area (Å²) in [5.74, 6) is -4.54. The van der Waals surface area contributed by atoms with Crippen LogP contribution in [-0.2, 0) is 33.3 Å². The molecule has 1 radical (unpaired) electrons. The molecule has 1 aliphatic heterocycles. The number of Topliss-reactive ketones (excluding diaryl/α,β-unsaturated/α-hetero) is 1. The molecule has 1 heterocycles. The molecule has 283 valence electrons. The van der Waals surface area contributed by atoms with Crippen LogP contribution in [0.5, 0.6) is 0 Å². The third kappa shape index (κ3) is 6.65. The standard InChI is InChI=1S/C39H47NO12.Ac/c1-20-24(51-35(46)29(43)28(40-21(2)41)22-13-9-7-10-14-22)18-39(48)33(52-34(45)23-15-11-8-12-16-23)31-37(5,25(42)17-26-38(31,47)19-50-26)32(44)30(49-6)27(20)36(39,3)4;/h7-16,24-26,28-31,33,42-43,47-48H,17-19H2,1-6H3,(H,40,41);/t24?,25?,26?,28?,29?,30?,31?,33?,37-,38?,39?;/m1./s1. The molecule has 1 amide bonds. The van der Waals surface area contributed by atoms with Crippen molar-refractivity contribution in [2.45, 2.75) is 101 Å². The van der Waals surface area contributed by atoms with Crippen molar-refractivity contribution in [1.29, 1.82) is 0 Å². The summed E-state index contributed by atoms with van der Waals surface area (Å²) in [5.41, 5.74) is -6.15. The summed E-state index contributed by atoms with van der Waals surface area (Å²) in [6, 6.07) is 15.2. The number of nitrogens with one attached hydrogen (secondary N) is 1. The Morgan fingerprint density at radius 3 is 2.13 bits per heavy atom. The fourth-order valence-electron chi connectivity index (χ4n) is 9.14. The first-order valence-corrected chi connectivity index (χ1v) is 17.4. The van der Waals surface area contributed by atoms with E-state index in [2.05, 4.69) is 5.32 Å². The van der Waals surface area contributed by atoms with Crippen LogP contribution in [0.15, 0.2) is 71.8 Å². The predicted octanol–water partition coefficient (Wildman–Crippen LogP) is 1.95. The van der Waals surface area contributed by atoms with Crippen molar-refractivity contribution in [2.24, 2.45) is 16.7 Å². The van der Waals surface area contributed by atoms with Gasteiger partial charge in [0.2, 0.25) is 5.91 Å². The first kappa shape index (κ1) is 41.6. The van der Waals surface area contributed by atoms with Gasteiger partial charge in [0.25, 0.3) is 0 Å². The third-order valence-electron chi connectivity index (χ3n) is 12.2. The third-order valence-corrected chi connectivity index (χ3v) is 12.2. The van der Waals surface area contributed by atoms with E-state index in [1.165, 1.54) is 33.1 Å². The molecule has 1 saturated heterocycles. The molecule has 4 aliphatic rings. The molecular formula is C39H47AcNO12. The van der Waals surface area contributed by atoms with Gasteiger partial charge in [-0.15, -0.1) is 0 Å². The molecule has 0 aromatic heterocycles. The summed E-state index contributed by atoms with van der Waals surface area (Å²) in [7, 11) is 1.31. The molecular weight excluding hydrogens is 901 g/mol. The van der Waals surface area contributed by atoms with Crippen molar-refractivity contribution in [3.05, 3.63) is 82.9 Å². The second-order valence-corrected chi connectivity index (χ2v) is 15.3. The molecule has 2 aromatic rings. The average molecular weight is 949 g/mol. The fraction of sp³-hybridized carbons (Fsp3) is 0.538. The molecule has 14 heteroatoms. The van der Waals surface area contributed by atoms with Gasteiger partial charge in [-0.2, -0.15) is 0 Å². The SMILES string of the molecule is COC1C(=O)[C@]2(C)C(O)CC3OCC3(O)C2C(OC(=O)c2ccccc2)C2(O)CC(OC(=O)C(O)C(NC(C)=O)c3ccccc3)C(C)=C1C2(C)C.[Ac]. The number of methoxy groups -OCH3 is 1. The number of ketones is 1. The molecule has 3 aliphatic carbocycles. The molecule has 5 N–H and O–H groups in total. The Hall–Kier alpha value is -2.54. The number of aliphatic hydroxyl groups excluding tert-OH is 2. The number of fused-ring (bicyclic) bond motifs is 5. The summed E-state index contributed by atoms with van der Waals surface area (Å²) in [6.07, 6.45) is -9.14. The van der Waals surface area contributed by atoms with Gasteiger partial charge in [-0.05, 0) is 42.7 Å². The zero-order valence-corrected chi connectivity index (χ0v) is 35.4. The number of carbonyl (C=O) groups is 4. The summed E-state index contributed by atoms with van der Waals surface area (Å²) in [5, 5.41) is 51.3. The topological polar surface area (TPSA) is 198 Å². The van der Waals surface area contributed by atoms with E-state index in [9.17, 15) is 39.6 Å². The number of benzene rings is 2. The van der Waals surface area contributed by atoms with Crippen molar-refractivity contribution in [3.8, 4) is 0 Å². The molecule has 0 spiro atoms. The Morgan fingerprint density at radius 2 is 1.58 bits per heavy atom. The molecule has 2 bridgehead atoms. The largest absolute Gasteiger partial charge is 0.456 e. The van der Waals surface area contributed by atoms with Gasteiger partial charge in [-0.25, -0.2) is 9.59 Å². The quantitative estimate of drug-likeness (QED) is 0.191. The molecule has 2 aromatic carbocycles. The van der Waals surface area contributed by atoms with Gasteiger partial charge in [0.05, 0.1) is 35.8 Å². The van der Waals surface area contributed by atoms with Crippen LogP contribution in [0.3, 0.4) is 0 Å². The Bertz CT molecular complexity index is 1770. The van der Waals surface area contributed by atoms with E-state index in [4.69, 9.17) is 18.9 Å². The van der Waals surface area contributed by atoms with Crippen LogP contribution in [0.4, 0.5) is 0 Å². The summed E-state index contributed by atoms with van der Waals surface area (Å²) in [4.78, 5) is 54.8. The summed E-state index contributed by atoms with van der Waals surface area (Å²) in [6.45, 7) is 7.40. The molecule has 11 atom stereocenters. The van der Waals surface area contributed by atoms with Crippen LogP contribution in [0, 0.1) is 60.8 Å². The van der Waals surface area contributed by atoms with Gasteiger partial charge >= 0.3 is 11.9 Å². The molecule has 10 unspecified atom stereocenters. The van der Waals surface area contributed by atoms with Gasteiger partial charge < -0.3 is 44.7 Å². The van der Waals surface area contributed by atoms with Crippen LogP contribution in [-0.4, -0.2) is 106 Å². The van der Waals surface area contributed by atoms with E-state index >= 15 is 0 Å². The number of esters is 2. The number of amides is 1. The van der Waals surface area contributed by atoms with E-state index in [1.54, 1.807) is 69.3 Å². The molecule has 53 heavy (non-hydrogen) atoms. The fourth-order valence-corrected chi connectivity index (χ4v) is 9.14. The maximum atomic E-state index is 15.0. The van der Waals surface area contributed by atoms with Crippen molar-refractivity contribution in [1.82, 2.24) is 5.32 Å². The molecule has 2 saturated carbocycles. The Balaban J connectivity index is 0.00000541. The monoisotopic (exact) mass is 948 g/mol. The first-order chi connectivity index (χ1) is 24.4. The molecule has 3 fully saturated rings. The van der Waals surface area contributed by atoms with Crippen LogP contribution in [0.2, 0.25) is 0 Å². The van der Waals surface area contributed by atoms with E-state index in [0.717, 1.165) is 0 Å². The Labute approximate surface area is 344 Å². The van der Waals surface area contributed by atoms with E-state index in [-0.39, 0.29) is 68.2 Å². The minimum absolute atomic E-state index is 0. The summed E-state index contributed by atoms with van der Waals surface area (Å²) < 4.78 is 23.8. The minimum Gasteiger partial charge on any atom is -0.456 e. The van der Waals surface area contributed by atoms with Crippen LogP contribution in [0.1, 0.15) is 69.4 Å². The Morgan fingerprint density at radius 1 is 0.981 bits per heavy atom. The normalized spacial score (nSPS) is 35.4. The van der Waals surface area contributed by atoms with Gasteiger partial charge in [-0.1, -0.05) is 62.4 Å². The van der Waals surface area contributed by atoms with Crippen molar-refractivity contribution >= 4 is 23.6 Å². The first-order valence-electron chi connectivity index (χ1n) is 17.4. The average Bonchev–Trinajstić information content (AvgIpc) is 3.11. The van der Waals surface area contributed by atoms with Crippen molar-refractivity contribution in [3.63, 3.8) is 0 Å². The number of carbonyl (C=O) groups excluding carboxylic acids is 4. The number of hydrogen-bond acceptors (Lipinski definition) is 12. The van der Waals surface area contributed by atoms with Crippen molar-refractivity contribution < 1.29 is 103 Å². The zero-order valence-electron chi connectivity index (χ0n) is 30.6. The smallest absolute Gasteiger partial charge is 0.338 e. The van der Waals surface area contributed by atoms with Crippen LogP contribution >= 0.6 is 0 Å². The maximum absolute atomic E-state index is 15.0. The van der Waals surface area contributed by atoms with Gasteiger partial charge in [-0.3, -0.25) is 9.59 Å². The van der Waals surface area contributed by atoms with Crippen molar-refractivity contribution in [2.75, 3.05) is 13.7 Å². The van der Waals surface area contributed by atoms with E-state index < -0.39 is 101 Å².